The molecule has 0 saturated heterocycles. The molecular weight excluding hydrogens is 250 g/mol. The molecule has 0 aliphatic carbocycles. The van der Waals surface area contributed by atoms with Gasteiger partial charge in [-0.1, -0.05) is 42.5 Å². The van der Waals surface area contributed by atoms with E-state index in [2.05, 4.69) is 4.99 Å². The Morgan fingerprint density at radius 3 is 2.45 bits per heavy atom. The lowest BCUT2D eigenvalue weighted by Gasteiger charge is -2.12. The summed E-state index contributed by atoms with van der Waals surface area (Å²) in [5, 5.41) is 4.20. The second kappa shape index (κ2) is 3.84. The van der Waals surface area contributed by atoms with Crippen LogP contribution in [0.25, 0.3) is 21.5 Å². The van der Waals surface area contributed by atoms with Crippen LogP contribution in [0.1, 0.15) is 10.4 Å². The minimum atomic E-state index is -0.558. The fraction of sp³-hybridized carbons (Fsp3) is 0. The fourth-order valence-electron chi connectivity index (χ4n) is 2.71. The van der Waals surface area contributed by atoms with Crippen LogP contribution in [0, 0.1) is 0 Å². The molecule has 0 radical (unpaired) electrons. The highest BCUT2D eigenvalue weighted by Crippen LogP contribution is 2.35. The molecule has 1 heterocycles. The molecule has 94 valence electrons. The van der Waals surface area contributed by atoms with Crippen LogP contribution in [0.5, 0.6) is 0 Å². The van der Waals surface area contributed by atoms with Gasteiger partial charge in [-0.05, 0) is 22.2 Å². The van der Waals surface area contributed by atoms with Crippen molar-refractivity contribution in [3.63, 3.8) is 0 Å². The van der Waals surface area contributed by atoms with Crippen LogP contribution >= 0.6 is 0 Å². The third kappa shape index (κ3) is 1.37. The van der Waals surface area contributed by atoms with Gasteiger partial charge >= 0.3 is 0 Å². The Hall–Kier alpha value is -2.81. The van der Waals surface area contributed by atoms with Gasteiger partial charge in [-0.2, -0.15) is 0 Å². The van der Waals surface area contributed by atoms with E-state index >= 15 is 0 Å². The SMILES string of the molecule is O=C1C=Nc2c(ccc3c2ccc2ccccc23)C1=O. The Bertz CT molecular complexity index is 938. The zero-order valence-electron chi connectivity index (χ0n) is 10.5. The number of rotatable bonds is 0. The van der Waals surface area contributed by atoms with Crippen molar-refractivity contribution in [1.29, 1.82) is 0 Å². The van der Waals surface area contributed by atoms with E-state index in [0.29, 0.717) is 11.3 Å². The molecular formula is C17H9NO2. The molecule has 0 fully saturated rings. The monoisotopic (exact) mass is 259 g/mol. The Kier molecular flexibility index (Phi) is 2.12. The second-order valence-electron chi connectivity index (χ2n) is 4.80. The summed E-state index contributed by atoms with van der Waals surface area (Å²) in [5.41, 5.74) is 0.984. The third-order valence-electron chi connectivity index (χ3n) is 3.68. The van der Waals surface area contributed by atoms with Gasteiger partial charge in [-0.3, -0.25) is 14.6 Å². The van der Waals surface area contributed by atoms with Gasteiger partial charge < -0.3 is 0 Å². The number of ketones is 2. The van der Waals surface area contributed by atoms with Crippen molar-refractivity contribution in [3.8, 4) is 0 Å². The first-order chi connectivity index (χ1) is 9.75. The van der Waals surface area contributed by atoms with Crippen LogP contribution in [0.3, 0.4) is 0 Å². The van der Waals surface area contributed by atoms with Gasteiger partial charge in [0.25, 0.3) is 0 Å². The molecule has 3 aromatic carbocycles. The predicted molar refractivity (Wildman–Crippen MR) is 78.9 cm³/mol. The summed E-state index contributed by atoms with van der Waals surface area (Å²) in [6.45, 7) is 0. The standard InChI is InChI=1S/C17H9NO2/c19-15-9-18-16-13-6-5-10-3-1-2-4-11(10)12(13)7-8-14(16)17(15)20/h1-9H. The van der Waals surface area contributed by atoms with Crippen molar-refractivity contribution in [1.82, 2.24) is 0 Å². The van der Waals surface area contributed by atoms with Gasteiger partial charge in [0.05, 0.1) is 17.5 Å². The fourth-order valence-corrected chi connectivity index (χ4v) is 2.71. The lowest BCUT2D eigenvalue weighted by Crippen LogP contribution is -2.18. The number of benzene rings is 3. The highest BCUT2D eigenvalue weighted by Gasteiger charge is 2.23. The minimum Gasteiger partial charge on any atom is -0.285 e. The third-order valence-corrected chi connectivity index (χ3v) is 3.68. The van der Waals surface area contributed by atoms with Gasteiger partial charge in [0.1, 0.15) is 0 Å². The summed E-state index contributed by atoms with van der Waals surface area (Å²) in [6, 6.07) is 15.6. The number of carbonyl (C=O) groups is 2. The van der Waals surface area contributed by atoms with Crippen LogP contribution in [0.4, 0.5) is 5.69 Å². The molecule has 3 aromatic rings. The van der Waals surface area contributed by atoms with Crippen molar-refractivity contribution < 1.29 is 9.59 Å². The van der Waals surface area contributed by atoms with Gasteiger partial charge in [0.15, 0.2) is 0 Å². The molecule has 20 heavy (non-hydrogen) atoms. The molecule has 1 aliphatic heterocycles. The Balaban J connectivity index is 2.18. The van der Waals surface area contributed by atoms with E-state index in [1.165, 1.54) is 0 Å². The predicted octanol–water partition coefficient (Wildman–Crippen LogP) is 3.46. The van der Waals surface area contributed by atoms with Gasteiger partial charge in [0, 0.05) is 5.39 Å². The molecule has 0 saturated carbocycles. The average Bonchev–Trinajstić information content (AvgIpc) is 2.50. The van der Waals surface area contributed by atoms with E-state index in [9.17, 15) is 9.59 Å². The molecule has 0 aromatic heterocycles. The highest BCUT2D eigenvalue weighted by atomic mass is 16.2. The molecule has 0 amide bonds. The van der Waals surface area contributed by atoms with Crippen molar-refractivity contribution in [2.45, 2.75) is 0 Å². The Morgan fingerprint density at radius 2 is 1.55 bits per heavy atom. The van der Waals surface area contributed by atoms with E-state index < -0.39 is 11.6 Å². The number of carbonyl (C=O) groups excluding carboxylic acids is 2. The van der Waals surface area contributed by atoms with Gasteiger partial charge in [-0.15, -0.1) is 0 Å². The van der Waals surface area contributed by atoms with Crippen molar-refractivity contribution in [2.75, 3.05) is 0 Å². The lowest BCUT2D eigenvalue weighted by atomic mass is 9.95. The summed E-state index contributed by atoms with van der Waals surface area (Å²) >= 11 is 0. The van der Waals surface area contributed by atoms with Crippen LogP contribution in [-0.4, -0.2) is 17.8 Å². The first kappa shape index (κ1) is 11.1. The molecule has 0 atom stereocenters. The largest absolute Gasteiger partial charge is 0.285 e. The molecule has 1 aliphatic rings. The number of nitrogens with zero attached hydrogens (tertiary/aromatic N) is 1. The van der Waals surface area contributed by atoms with E-state index in [4.69, 9.17) is 0 Å². The normalized spacial score (nSPS) is 14.0. The Morgan fingerprint density at radius 1 is 0.750 bits per heavy atom. The van der Waals surface area contributed by atoms with E-state index in [-0.39, 0.29) is 0 Å². The molecule has 0 bridgehead atoms. The second-order valence-corrected chi connectivity index (χ2v) is 4.80. The van der Waals surface area contributed by atoms with E-state index in [1.54, 1.807) is 6.07 Å². The first-order valence-corrected chi connectivity index (χ1v) is 6.33. The van der Waals surface area contributed by atoms with Crippen LogP contribution in [0.2, 0.25) is 0 Å². The number of hydrogen-bond donors (Lipinski definition) is 0. The Labute approximate surface area is 114 Å². The number of hydrogen-bond acceptors (Lipinski definition) is 3. The quantitative estimate of drug-likeness (QED) is 0.458. The van der Waals surface area contributed by atoms with E-state index in [1.807, 2.05) is 42.5 Å². The first-order valence-electron chi connectivity index (χ1n) is 6.33. The summed E-state index contributed by atoms with van der Waals surface area (Å²) < 4.78 is 0. The molecule has 3 nitrogen and oxygen atoms in total. The topological polar surface area (TPSA) is 46.5 Å². The van der Waals surface area contributed by atoms with Crippen LogP contribution in [-0.2, 0) is 4.79 Å². The maximum Gasteiger partial charge on any atom is 0.244 e. The molecule has 0 unspecified atom stereocenters. The highest BCUT2D eigenvalue weighted by molar-refractivity contribution is 6.64. The van der Waals surface area contributed by atoms with Crippen molar-refractivity contribution in [2.24, 2.45) is 4.99 Å². The average molecular weight is 259 g/mol. The number of aliphatic imine (C=N–C) groups is 1. The van der Waals surface area contributed by atoms with Crippen LogP contribution < -0.4 is 0 Å². The number of Topliss-reactive ketones (excluding diaryl/α,β-unsaturated/α-hetero) is 2. The molecule has 0 N–H and O–H groups in total. The number of fused-ring (bicyclic) bond motifs is 5. The van der Waals surface area contributed by atoms with E-state index in [0.717, 1.165) is 27.8 Å². The maximum absolute atomic E-state index is 11.9. The molecule has 4 rings (SSSR count). The minimum absolute atomic E-state index is 0.389. The zero-order valence-corrected chi connectivity index (χ0v) is 10.5. The van der Waals surface area contributed by atoms with Crippen molar-refractivity contribution in [3.05, 3.63) is 54.1 Å². The summed E-state index contributed by atoms with van der Waals surface area (Å²) in [4.78, 5) is 27.5. The summed E-state index contributed by atoms with van der Waals surface area (Å²) in [7, 11) is 0. The van der Waals surface area contributed by atoms with Gasteiger partial charge in [0.2, 0.25) is 11.6 Å². The smallest absolute Gasteiger partial charge is 0.244 e. The van der Waals surface area contributed by atoms with Crippen molar-refractivity contribution >= 4 is 45.0 Å². The van der Waals surface area contributed by atoms with Gasteiger partial charge in [-0.25, -0.2) is 0 Å². The summed E-state index contributed by atoms with van der Waals surface area (Å²) in [5.74, 6) is -1.04. The maximum atomic E-state index is 11.9. The van der Waals surface area contributed by atoms with Crippen LogP contribution in [0.15, 0.2) is 53.5 Å². The zero-order chi connectivity index (χ0) is 13.7. The summed E-state index contributed by atoms with van der Waals surface area (Å²) in [6.07, 6.45) is 1.11. The molecule has 3 heteroatoms. The lowest BCUT2D eigenvalue weighted by molar-refractivity contribution is -0.109. The molecule has 0 spiro atoms.